The van der Waals surface area contributed by atoms with Crippen molar-refractivity contribution in [1.29, 1.82) is 0 Å². The molecule has 0 fully saturated rings. The van der Waals surface area contributed by atoms with Crippen molar-refractivity contribution in [2.45, 2.75) is 6.92 Å². The maximum absolute atomic E-state index is 10.8. The summed E-state index contributed by atoms with van der Waals surface area (Å²) in [5.41, 5.74) is 6.07. The summed E-state index contributed by atoms with van der Waals surface area (Å²) < 4.78 is 4.42. The molecule has 0 radical (unpaired) electrons. The highest BCUT2D eigenvalue weighted by Crippen LogP contribution is 2.01. The van der Waals surface area contributed by atoms with Gasteiger partial charge in [-0.15, -0.1) is 0 Å². The van der Waals surface area contributed by atoms with E-state index in [0.717, 1.165) is 0 Å². The van der Waals surface area contributed by atoms with Crippen LogP contribution in [0, 0.1) is 0 Å². The number of ether oxygens (including phenoxy) is 1. The molecule has 0 saturated heterocycles. The summed E-state index contributed by atoms with van der Waals surface area (Å²) >= 11 is 0. The SMILES string of the molecule is C=C/C(C(=O)OC)=C(\C)N. The van der Waals surface area contributed by atoms with Crippen LogP contribution < -0.4 is 5.73 Å². The Labute approximate surface area is 60.2 Å². The maximum atomic E-state index is 10.8. The summed E-state index contributed by atoms with van der Waals surface area (Å²) in [6, 6.07) is 0. The van der Waals surface area contributed by atoms with Crippen LogP contribution in [0.2, 0.25) is 0 Å². The number of hydrogen-bond donors (Lipinski definition) is 1. The average Bonchev–Trinajstić information content (AvgIpc) is 1.88. The van der Waals surface area contributed by atoms with Crippen LogP contribution in [0.5, 0.6) is 0 Å². The Morgan fingerprint density at radius 3 is 2.30 bits per heavy atom. The van der Waals surface area contributed by atoms with Gasteiger partial charge in [0.15, 0.2) is 0 Å². The van der Waals surface area contributed by atoms with E-state index < -0.39 is 5.97 Å². The molecule has 0 heterocycles. The van der Waals surface area contributed by atoms with Gasteiger partial charge in [0, 0.05) is 5.70 Å². The molecule has 0 aromatic heterocycles. The number of allylic oxidation sites excluding steroid dienone is 1. The van der Waals surface area contributed by atoms with Gasteiger partial charge >= 0.3 is 5.97 Å². The van der Waals surface area contributed by atoms with Gasteiger partial charge in [-0.1, -0.05) is 12.7 Å². The Morgan fingerprint density at radius 2 is 2.20 bits per heavy atom. The molecule has 3 nitrogen and oxygen atoms in total. The van der Waals surface area contributed by atoms with Crippen LogP contribution in [0.3, 0.4) is 0 Å². The number of nitrogens with two attached hydrogens (primary N) is 1. The second-order valence-corrected chi connectivity index (χ2v) is 1.79. The lowest BCUT2D eigenvalue weighted by Gasteiger charge is -2.00. The van der Waals surface area contributed by atoms with Crippen LogP contribution in [0.4, 0.5) is 0 Å². The summed E-state index contributed by atoms with van der Waals surface area (Å²) in [5, 5.41) is 0. The van der Waals surface area contributed by atoms with Gasteiger partial charge in [-0.25, -0.2) is 4.79 Å². The van der Waals surface area contributed by atoms with Crippen LogP contribution in [-0.4, -0.2) is 13.1 Å². The van der Waals surface area contributed by atoms with Crippen molar-refractivity contribution < 1.29 is 9.53 Å². The van der Waals surface area contributed by atoms with E-state index in [1.54, 1.807) is 6.92 Å². The van der Waals surface area contributed by atoms with Crippen molar-refractivity contribution in [3.8, 4) is 0 Å². The fourth-order valence-electron chi connectivity index (χ4n) is 0.515. The predicted molar refractivity (Wildman–Crippen MR) is 39.1 cm³/mol. The minimum Gasteiger partial charge on any atom is -0.465 e. The lowest BCUT2D eigenvalue weighted by Crippen LogP contribution is -2.08. The quantitative estimate of drug-likeness (QED) is 0.347. The molecule has 56 valence electrons. The summed E-state index contributed by atoms with van der Waals surface area (Å²) in [4.78, 5) is 10.8. The molecule has 0 aromatic rings. The van der Waals surface area contributed by atoms with E-state index in [1.807, 2.05) is 0 Å². The van der Waals surface area contributed by atoms with E-state index in [4.69, 9.17) is 5.73 Å². The monoisotopic (exact) mass is 141 g/mol. The van der Waals surface area contributed by atoms with Crippen molar-refractivity contribution in [1.82, 2.24) is 0 Å². The minimum atomic E-state index is -0.449. The van der Waals surface area contributed by atoms with Gasteiger partial charge in [0.2, 0.25) is 0 Å². The highest BCUT2D eigenvalue weighted by atomic mass is 16.5. The lowest BCUT2D eigenvalue weighted by molar-refractivity contribution is -0.135. The van der Waals surface area contributed by atoms with Crippen molar-refractivity contribution in [3.63, 3.8) is 0 Å². The molecule has 3 heteroatoms. The Morgan fingerprint density at radius 1 is 1.70 bits per heavy atom. The van der Waals surface area contributed by atoms with Gasteiger partial charge in [-0.05, 0) is 6.92 Å². The number of esters is 1. The largest absolute Gasteiger partial charge is 0.465 e. The molecule has 0 bridgehead atoms. The highest BCUT2D eigenvalue weighted by Gasteiger charge is 2.06. The third-order valence-electron chi connectivity index (χ3n) is 1.03. The lowest BCUT2D eigenvalue weighted by atomic mass is 10.2. The van der Waals surface area contributed by atoms with E-state index in [9.17, 15) is 4.79 Å². The smallest absolute Gasteiger partial charge is 0.339 e. The van der Waals surface area contributed by atoms with E-state index in [2.05, 4.69) is 11.3 Å². The van der Waals surface area contributed by atoms with Gasteiger partial charge in [-0.2, -0.15) is 0 Å². The van der Waals surface area contributed by atoms with E-state index >= 15 is 0 Å². The maximum Gasteiger partial charge on any atom is 0.339 e. The first-order valence-electron chi connectivity index (χ1n) is 2.80. The van der Waals surface area contributed by atoms with Gasteiger partial charge in [-0.3, -0.25) is 0 Å². The number of rotatable bonds is 2. The molecule has 0 spiro atoms. The average molecular weight is 141 g/mol. The van der Waals surface area contributed by atoms with Crippen LogP contribution in [0.25, 0.3) is 0 Å². The molecule has 0 atom stereocenters. The molecule has 0 aromatic carbocycles. The van der Waals surface area contributed by atoms with Crippen LogP contribution >= 0.6 is 0 Å². The second kappa shape index (κ2) is 3.71. The molecule has 0 aliphatic heterocycles. The fourth-order valence-corrected chi connectivity index (χ4v) is 0.515. The van der Waals surface area contributed by atoms with Gasteiger partial charge in [0.05, 0.1) is 12.7 Å². The zero-order valence-electron chi connectivity index (χ0n) is 6.18. The van der Waals surface area contributed by atoms with Crippen molar-refractivity contribution in [2.24, 2.45) is 5.73 Å². The first kappa shape index (κ1) is 8.75. The highest BCUT2D eigenvalue weighted by molar-refractivity contribution is 5.91. The summed E-state index contributed by atoms with van der Waals surface area (Å²) in [5.74, 6) is -0.449. The van der Waals surface area contributed by atoms with E-state index in [-0.39, 0.29) is 0 Å². The van der Waals surface area contributed by atoms with Crippen LogP contribution in [0.1, 0.15) is 6.92 Å². The normalized spacial score (nSPS) is 11.8. The molecule has 2 N–H and O–H groups in total. The Balaban J connectivity index is 4.53. The van der Waals surface area contributed by atoms with Gasteiger partial charge in [0.25, 0.3) is 0 Å². The number of hydrogen-bond acceptors (Lipinski definition) is 3. The van der Waals surface area contributed by atoms with Crippen molar-refractivity contribution in [2.75, 3.05) is 7.11 Å². The first-order valence-corrected chi connectivity index (χ1v) is 2.80. The number of methoxy groups -OCH3 is 1. The second-order valence-electron chi connectivity index (χ2n) is 1.79. The summed E-state index contributed by atoms with van der Waals surface area (Å²) in [6.07, 6.45) is 1.38. The van der Waals surface area contributed by atoms with Gasteiger partial charge in [0.1, 0.15) is 0 Å². The van der Waals surface area contributed by atoms with Crippen molar-refractivity contribution >= 4 is 5.97 Å². The minimum absolute atomic E-state index is 0.322. The van der Waals surface area contributed by atoms with Crippen molar-refractivity contribution in [3.05, 3.63) is 23.9 Å². The molecule has 0 rings (SSSR count). The summed E-state index contributed by atoms with van der Waals surface area (Å²) in [6.45, 7) is 5.03. The van der Waals surface area contributed by atoms with Crippen LogP contribution in [-0.2, 0) is 9.53 Å². The van der Waals surface area contributed by atoms with E-state index in [0.29, 0.717) is 11.3 Å². The topological polar surface area (TPSA) is 52.3 Å². The molecule has 0 unspecified atom stereocenters. The molecule has 0 aliphatic rings. The fraction of sp³-hybridized carbons (Fsp3) is 0.286. The van der Waals surface area contributed by atoms with Crippen LogP contribution in [0.15, 0.2) is 23.9 Å². The zero-order chi connectivity index (χ0) is 8.15. The molecule has 0 aliphatic carbocycles. The Kier molecular flexibility index (Phi) is 3.25. The predicted octanol–water partition coefficient (Wildman–Crippen LogP) is 0.578. The standard InChI is InChI=1S/C7H11NO2/c1-4-6(5(2)8)7(9)10-3/h4H,1,8H2,2-3H3/b6-5-. The van der Waals surface area contributed by atoms with Gasteiger partial charge < -0.3 is 10.5 Å². The molecular weight excluding hydrogens is 130 g/mol. The summed E-state index contributed by atoms with van der Waals surface area (Å²) in [7, 11) is 1.30. The third kappa shape index (κ3) is 1.93. The molecule has 0 saturated carbocycles. The Hall–Kier alpha value is -1.25. The first-order chi connectivity index (χ1) is 4.63. The molecule has 0 amide bonds. The molecule has 10 heavy (non-hydrogen) atoms. The number of carbonyl (C=O) groups excluding carboxylic acids is 1. The third-order valence-corrected chi connectivity index (χ3v) is 1.03. The number of carbonyl (C=O) groups is 1. The zero-order valence-corrected chi connectivity index (χ0v) is 6.18. The van der Waals surface area contributed by atoms with E-state index in [1.165, 1.54) is 13.2 Å². The Bertz CT molecular complexity index is 178. The molecular formula is C7H11NO2.